The molecule has 0 spiro atoms. The zero-order valence-electron chi connectivity index (χ0n) is 14.0. The maximum absolute atomic E-state index is 12.8. The van der Waals surface area contributed by atoms with E-state index in [-0.39, 0.29) is 17.9 Å². The van der Waals surface area contributed by atoms with Gasteiger partial charge in [-0.05, 0) is 34.9 Å². The molecule has 1 unspecified atom stereocenters. The fourth-order valence-electron chi connectivity index (χ4n) is 3.12. The molecular formula is C21H17N3O2. The number of fused-ring (bicyclic) bond motifs is 1. The predicted molar refractivity (Wildman–Crippen MR) is 98.8 cm³/mol. The van der Waals surface area contributed by atoms with E-state index in [1.165, 1.54) is 0 Å². The highest BCUT2D eigenvalue weighted by Gasteiger charge is 2.21. The number of anilines is 1. The summed E-state index contributed by atoms with van der Waals surface area (Å²) in [5, 5.41) is 5.86. The molecule has 1 atom stereocenters. The van der Waals surface area contributed by atoms with Crippen molar-refractivity contribution in [2.24, 2.45) is 0 Å². The number of pyridine rings is 1. The molecule has 2 heterocycles. The molecule has 5 nitrogen and oxygen atoms in total. The van der Waals surface area contributed by atoms with Crippen molar-refractivity contribution in [1.82, 2.24) is 10.3 Å². The standard InChI is InChI=1S/C21H17N3O2/c25-19-12-15-8-9-16(11-18(15)23-19)21(26)24-20(14-5-2-1-3-6-14)17-7-4-10-22-13-17/h1-11,13,20H,12H2,(H,23,25)(H,24,26). The first kappa shape index (κ1) is 16.0. The van der Waals surface area contributed by atoms with E-state index in [1.54, 1.807) is 24.5 Å². The van der Waals surface area contributed by atoms with Crippen molar-refractivity contribution >= 4 is 17.5 Å². The smallest absolute Gasteiger partial charge is 0.252 e. The summed E-state index contributed by atoms with van der Waals surface area (Å²) in [7, 11) is 0. The van der Waals surface area contributed by atoms with Crippen LogP contribution in [0.2, 0.25) is 0 Å². The number of hydrogen-bond donors (Lipinski definition) is 2. The molecule has 1 aliphatic rings. The van der Waals surface area contributed by atoms with Crippen LogP contribution in [0.3, 0.4) is 0 Å². The molecule has 1 aliphatic heterocycles. The minimum Gasteiger partial charge on any atom is -0.341 e. The van der Waals surface area contributed by atoms with Gasteiger partial charge in [0.2, 0.25) is 5.91 Å². The van der Waals surface area contributed by atoms with Crippen LogP contribution in [0.1, 0.15) is 33.1 Å². The molecule has 0 radical (unpaired) electrons. The quantitative estimate of drug-likeness (QED) is 0.765. The van der Waals surface area contributed by atoms with E-state index in [0.29, 0.717) is 17.7 Å². The van der Waals surface area contributed by atoms with E-state index in [4.69, 9.17) is 0 Å². The number of aromatic nitrogens is 1. The fraction of sp³-hybridized carbons (Fsp3) is 0.0952. The monoisotopic (exact) mass is 343 g/mol. The Bertz CT molecular complexity index is 916. The van der Waals surface area contributed by atoms with Gasteiger partial charge in [0.05, 0.1) is 12.5 Å². The first-order valence-corrected chi connectivity index (χ1v) is 8.39. The molecule has 0 saturated carbocycles. The van der Waals surface area contributed by atoms with Gasteiger partial charge < -0.3 is 10.6 Å². The van der Waals surface area contributed by atoms with Gasteiger partial charge in [0.15, 0.2) is 0 Å². The minimum atomic E-state index is -0.305. The summed E-state index contributed by atoms with van der Waals surface area (Å²) in [6.07, 6.45) is 3.82. The van der Waals surface area contributed by atoms with Crippen molar-refractivity contribution in [3.8, 4) is 0 Å². The van der Waals surface area contributed by atoms with Gasteiger partial charge in [-0.25, -0.2) is 0 Å². The van der Waals surface area contributed by atoms with E-state index in [9.17, 15) is 9.59 Å². The molecule has 3 aromatic rings. The van der Waals surface area contributed by atoms with Crippen LogP contribution in [0, 0.1) is 0 Å². The van der Waals surface area contributed by atoms with Crippen molar-refractivity contribution < 1.29 is 9.59 Å². The van der Waals surface area contributed by atoms with Gasteiger partial charge in [0.1, 0.15) is 0 Å². The molecule has 26 heavy (non-hydrogen) atoms. The van der Waals surface area contributed by atoms with Crippen LogP contribution in [0.25, 0.3) is 0 Å². The van der Waals surface area contributed by atoms with Crippen molar-refractivity contribution in [2.75, 3.05) is 5.32 Å². The highest BCUT2D eigenvalue weighted by atomic mass is 16.2. The Labute approximate surface area is 151 Å². The highest BCUT2D eigenvalue weighted by Crippen LogP contribution is 2.25. The summed E-state index contributed by atoms with van der Waals surface area (Å²) in [6.45, 7) is 0. The van der Waals surface area contributed by atoms with E-state index in [2.05, 4.69) is 15.6 Å². The lowest BCUT2D eigenvalue weighted by Gasteiger charge is -2.19. The predicted octanol–water partition coefficient (Wildman–Crippen LogP) is 3.10. The van der Waals surface area contributed by atoms with E-state index in [0.717, 1.165) is 16.7 Å². The van der Waals surface area contributed by atoms with Gasteiger partial charge in [-0.1, -0.05) is 42.5 Å². The fourth-order valence-corrected chi connectivity index (χ4v) is 3.12. The topological polar surface area (TPSA) is 71.1 Å². The maximum Gasteiger partial charge on any atom is 0.252 e. The number of carbonyl (C=O) groups is 2. The van der Waals surface area contributed by atoms with Gasteiger partial charge in [-0.2, -0.15) is 0 Å². The summed E-state index contributed by atoms with van der Waals surface area (Å²) in [4.78, 5) is 28.5. The summed E-state index contributed by atoms with van der Waals surface area (Å²) in [5.74, 6) is -0.248. The van der Waals surface area contributed by atoms with Gasteiger partial charge in [0.25, 0.3) is 5.91 Å². The summed E-state index contributed by atoms with van der Waals surface area (Å²) in [6, 6.07) is 18.5. The van der Waals surface area contributed by atoms with E-state index < -0.39 is 0 Å². The van der Waals surface area contributed by atoms with Crippen molar-refractivity contribution in [2.45, 2.75) is 12.5 Å². The second-order valence-electron chi connectivity index (χ2n) is 6.20. The Hall–Kier alpha value is -3.47. The number of hydrogen-bond acceptors (Lipinski definition) is 3. The lowest BCUT2D eigenvalue weighted by Crippen LogP contribution is -2.29. The molecule has 0 bridgehead atoms. The van der Waals surface area contributed by atoms with Crippen LogP contribution in [0.5, 0.6) is 0 Å². The zero-order chi connectivity index (χ0) is 17.9. The Morgan fingerprint density at radius 1 is 1.04 bits per heavy atom. The van der Waals surface area contributed by atoms with Crippen molar-refractivity contribution in [3.05, 3.63) is 95.3 Å². The van der Waals surface area contributed by atoms with E-state index >= 15 is 0 Å². The Balaban J connectivity index is 1.63. The molecule has 0 aliphatic carbocycles. The molecule has 5 heteroatoms. The van der Waals surface area contributed by atoms with Crippen molar-refractivity contribution in [1.29, 1.82) is 0 Å². The summed E-state index contributed by atoms with van der Waals surface area (Å²) >= 11 is 0. The van der Waals surface area contributed by atoms with Crippen LogP contribution >= 0.6 is 0 Å². The van der Waals surface area contributed by atoms with Crippen LogP contribution in [-0.2, 0) is 11.2 Å². The average molecular weight is 343 g/mol. The summed E-state index contributed by atoms with van der Waals surface area (Å²) in [5.41, 5.74) is 4.01. The SMILES string of the molecule is O=C1Cc2ccc(C(=O)NC(c3ccccc3)c3cccnc3)cc2N1. The second kappa shape index (κ2) is 6.80. The minimum absolute atomic E-state index is 0.0462. The van der Waals surface area contributed by atoms with Gasteiger partial charge >= 0.3 is 0 Å². The summed E-state index contributed by atoms with van der Waals surface area (Å²) < 4.78 is 0. The number of amides is 2. The third-order valence-electron chi connectivity index (χ3n) is 4.42. The molecule has 0 saturated heterocycles. The number of rotatable bonds is 4. The van der Waals surface area contributed by atoms with Crippen LogP contribution in [0.4, 0.5) is 5.69 Å². The van der Waals surface area contributed by atoms with Crippen LogP contribution in [-0.4, -0.2) is 16.8 Å². The Morgan fingerprint density at radius 2 is 1.85 bits per heavy atom. The largest absolute Gasteiger partial charge is 0.341 e. The first-order valence-electron chi connectivity index (χ1n) is 8.39. The average Bonchev–Trinajstić information content (AvgIpc) is 3.06. The normalized spacial score (nSPS) is 13.6. The van der Waals surface area contributed by atoms with Gasteiger partial charge in [0, 0.05) is 23.6 Å². The number of benzene rings is 2. The maximum atomic E-state index is 12.8. The molecule has 0 fully saturated rings. The van der Waals surface area contributed by atoms with Gasteiger partial charge in [-0.3, -0.25) is 14.6 Å². The molecular weight excluding hydrogens is 326 g/mol. The van der Waals surface area contributed by atoms with Crippen LogP contribution < -0.4 is 10.6 Å². The molecule has 2 N–H and O–H groups in total. The molecule has 2 amide bonds. The lowest BCUT2D eigenvalue weighted by atomic mass is 9.99. The van der Waals surface area contributed by atoms with Gasteiger partial charge in [-0.15, -0.1) is 0 Å². The third-order valence-corrected chi connectivity index (χ3v) is 4.42. The number of nitrogens with one attached hydrogen (secondary N) is 2. The molecule has 4 rings (SSSR count). The highest BCUT2D eigenvalue weighted by molar-refractivity contribution is 6.02. The molecule has 2 aromatic carbocycles. The first-order chi connectivity index (χ1) is 12.7. The third kappa shape index (κ3) is 3.19. The number of nitrogens with zero attached hydrogens (tertiary/aromatic N) is 1. The Kier molecular flexibility index (Phi) is 4.19. The zero-order valence-corrected chi connectivity index (χ0v) is 14.0. The van der Waals surface area contributed by atoms with Crippen LogP contribution in [0.15, 0.2) is 73.1 Å². The van der Waals surface area contributed by atoms with Crippen molar-refractivity contribution in [3.63, 3.8) is 0 Å². The lowest BCUT2D eigenvalue weighted by molar-refractivity contribution is -0.115. The number of carbonyl (C=O) groups excluding carboxylic acids is 2. The molecule has 1 aromatic heterocycles. The van der Waals surface area contributed by atoms with E-state index in [1.807, 2.05) is 48.5 Å². The second-order valence-corrected chi connectivity index (χ2v) is 6.20. The Morgan fingerprint density at radius 3 is 2.62 bits per heavy atom. The molecule has 128 valence electrons.